The number of carbonyl (C=O) groups is 2. The van der Waals surface area contributed by atoms with Gasteiger partial charge in [0.15, 0.2) is 0 Å². The van der Waals surface area contributed by atoms with Crippen LogP contribution in [0.5, 0.6) is 5.75 Å². The van der Waals surface area contributed by atoms with E-state index in [1.165, 1.54) is 25.7 Å². The number of ether oxygens (including phenoxy) is 1. The monoisotopic (exact) mass is 440 g/mol. The Labute approximate surface area is 191 Å². The summed E-state index contributed by atoms with van der Waals surface area (Å²) in [7, 11) is 1.77. The van der Waals surface area contributed by atoms with Gasteiger partial charge < -0.3 is 9.84 Å². The number of amides is 1. The molecule has 1 aromatic carbocycles. The Morgan fingerprint density at radius 1 is 1.00 bits per heavy atom. The van der Waals surface area contributed by atoms with Gasteiger partial charge in [-0.05, 0) is 49.6 Å². The van der Waals surface area contributed by atoms with Crippen LogP contribution in [0.15, 0.2) is 36.4 Å². The largest absolute Gasteiger partial charge is 0.493 e. The molecule has 0 aliphatic heterocycles. The first-order valence-corrected chi connectivity index (χ1v) is 11.7. The van der Waals surface area contributed by atoms with Crippen LogP contribution in [0.1, 0.15) is 70.8 Å². The summed E-state index contributed by atoms with van der Waals surface area (Å²) in [5.41, 5.74) is 2.45. The van der Waals surface area contributed by atoms with Gasteiger partial charge in [0.05, 0.1) is 12.3 Å². The molecule has 1 N–H and O–H groups in total. The molecule has 0 saturated carbocycles. The number of carboxylic acids is 1. The van der Waals surface area contributed by atoms with Gasteiger partial charge in [-0.15, -0.1) is 0 Å². The average molecular weight is 441 g/mol. The summed E-state index contributed by atoms with van der Waals surface area (Å²) < 4.78 is 5.81. The first kappa shape index (κ1) is 25.4. The quantitative estimate of drug-likeness (QED) is 0.371. The summed E-state index contributed by atoms with van der Waals surface area (Å²) in [6.45, 7) is 4.60. The molecule has 2 rings (SSSR count). The molecule has 0 unspecified atom stereocenters. The molecular weight excluding hydrogens is 404 g/mol. The van der Waals surface area contributed by atoms with Crippen molar-refractivity contribution < 1.29 is 19.4 Å². The standard InChI is InChI=1S/C26H36N2O4/c1-4-6-7-8-9-10-14-25(29)28(3)24-13-11-12-22(27-24)21-17-15-20(16-18-26(30)31)19-23(21)32-5-2/h11-13,15,17,19H,4-10,14,16,18H2,1-3H3,(H,30,31). The minimum absolute atomic E-state index is 0.0687. The van der Waals surface area contributed by atoms with Gasteiger partial charge in [-0.2, -0.15) is 0 Å². The lowest BCUT2D eigenvalue weighted by molar-refractivity contribution is -0.137. The second-order valence-corrected chi connectivity index (χ2v) is 8.01. The van der Waals surface area contributed by atoms with Gasteiger partial charge in [0, 0.05) is 25.5 Å². The number of aryl methyl sites for hydroxylation is 1. The maximum absolute atomic E-state index is 12.6. The van der Waals surface area contributed by atoms with E-state index in [1.807, 2.05) is 43.3 Å². The first-order valence-electron chi connectivity index (χ1n) is 11.7. The Morgan fingerprint density at radius 2 is 1.75 bits per heavy atom. The maximum Gasteiger partial charge on any atom is 0.303 e. The third kappa shape index (κ3) is 7.98. The second-order valence-electron chi connectivity index (χ2n) is 8.01. The molecule has 174 valence electrons. The molecule has 6 nitrogen and oxygen atoms in total. The number of anilines is 1. The van der Waals surface area contributed by atoms with E-state index >= 15 is 0 Å². The lowest BCUT2D eigenvalue weighted by Crippen LogP contribution is -2.26. The Morgan fingerprint density at radius 3 is 2.47 bits per heavy atom. The zero-order chi connectivity index (χ0) is 23.3. The van der Waals surface area contributed by atoms with Crippen molar-refractivity contribution in [2.75, 3.05) is 18.6 Å². The molecule has 0 aliphatic rings. The first-order chi connectivity index (χ1) is 15.5. The Balaban J connectivity index is 2.10. The minimum atomic E-state index is -0.824. The molecule has 0 atom stereocenters. The summed E-state index contributed by atoms with van der Waals surface area (Å²) in [5.74, 6) is 0.520. The number of hydrogen-bond acceptors (Lipinski definition) is 4. The van der Waals surface area contributed by atoms with Gasteiger partial charge in [-0.1, -0.05) is 51.2 Å². The van der Waals surface area contributed by atoms with Crippen LogP contribution in [0.3, 0.4) is 0 Å². The van der Waals surface area contributed by atoms with E-state index in [0.717, 1.165) is 29.7 Å². The summed E-state index contributed by atoms with van der Waals surface area (Å²) in [5, 5.41) is 8.94. The van der Waals surface area contributed by atoms with Crippen LogP contribution in [0, 0.1) is 0 Å². The fraction of sp³-hybridized carbons (Fsp3) is 0.500. The van der Waals surface area contributed by atoms with Gasteiger partial charge in [0.2, 0.25) is 5.91 Å². The van der Waals surface area contributed by atoms with Crippen LogP contribution in [-0.4, -0.2) is 35.6 Å². The van der Waals surface area contributed by atoms with Crippen molar-refractivity contribution in [3.05, 3.63) is 42.0 Å². The molecule has 0 bridgehead atoms. The highest BCUT2D eigenvalue weighted by molar-refractivity contribution is 5.92. The molecule has 2 aromatic rings. The number of aliphatic carboxylic acids is 1. The molecule has 1 heterocycles. The van der Waals surface area contributed by atoms with E-state index in [0.29, 0.717) is 31.0 Å². The highest BCUT2D eigenvalue weighted by Gasteiger charge is 2.15. The second kappa shape index (κ2) is 13.5. The van der Waals surface area contributed by atoms with Crippen LogP contribution in [0.4, 0.5) is 5.82 Å². The van der Waals surface area contributed by atoms with E-state index in [1.54, 1.807) is 11.9 Å². The molecule has 0 spiro atoms. The molecule has 32 heavy (non-hydrogen) atoms. The molecular formula is C26H36N2O4. The van der Waals surface area contributed by atoms with Crippen molar-refractivity contribution in [3.63, 3.8) is 0 Å². The Bertz CT molecular complexity index is 882. The van der Waals surface area contributed by atoms with Crippen LogP contribution < -0.4 is 9.64 Å². The van der Waals surface area contributed by atoms with Crippen molar-refractivity contribution in [3.8, 4) is 17.0 Å². The normalized spacial score (nSPS) is 10.7. The number of nitrogens with zero attached hydrogens (tertiary/aromatic N) is 2. The summed E-state index contributed by atoms with van der Waals surface area (Å²) in [6, 6.07) is 11.3. The Hall–Kier alpha value is -2.89. The van der Waals surface area contributed by atoms with E-state index in [9.17, 15) is 9.59 Å². The van der Waals surface area contributed by atoms with Gasteiger partial charge in [0.25, 0.3) is 0 Å². The number of aromatic nitrogens is 1. The van der Waals surface area contributed by atoms with Crippen molar-refractivity contribution in [2.45, 2.75) is 71.6 Å². The van der Waals surface area contributed by atoms with Gasteiger partial charge in [-0.25, -0.2) is 4.98 Å². The highest BCUT2D eigenvalue weighted by atomic mass is 16.5. The van der Waals surface area contributed by atoms with Gasteiger partial charge >= 0.3 is 5.97 Å². The van der Waals surface area contributed by atoms with Crippen molar-refractivity contribution in [1.29, 1.82) is 0 Å². The molecule has 0 saturated heterocycles. The lowest BCUT2D eigenvalue weighted by Gasteiger charge is -2.18. The third-order valence-electron chi connectivity index (χ3n) is 5.45. The molecule has 1 amide bonds. The predicted octanol–water partition coefficient (Wildman–Crippen LogP) is 5.88. The number of rotatable bonds is 14. The summed E-state index contributed by atoms with van der Waals surface area (Å²) in [4.78, 5) is 29.8. The van der Waals surface area contributed by atoms with E-state index in [4.69, 9.17) is 14.8 Å². The lowest BCUT2D eigenvalue weighted by atomic mass is 10.0. The molecule has 0 fully saturated rings. The number of carbonyl (C=O) groups excluding carboxylic acids is 1. The van der Waals surface area contributed by atoms with Crippen molar-refractivity contribution in [2.24, 2.45) is 0 Å². The minimum Gasteiger partial charge on any atom is -0.493 e. The number of benzene rings is 1. The van der Waals surface area contributed by atoms with Crippen molar-refractivity contribution >= 4 is 17.7 Å². The Kier molecular flexibility index (Phi) is 10.7. The zero-order valence-corrected chi connectivity index (χ0v) is 19.6. The van der Waals surface area contributed by atoms with Gasteiger partial charge in [0.1, 0.15) is 11.6 Å². The molecule has 0 radical (unpaired) electrons. The third-order valence-corrected chi connectivity index (χ3v) is 5.45. The average Bonchev–Trinajstić information content (AvgIpc) is 2.79. The fourth-order valence-corrected chi connectivity index (χ4v) is 3.57. The SMILES string of the molecule is CCCCCCCCC(=O)N(C)c1cccc(-c2ccc(CCC(=O)O)cc2OCC)n1. The number of carboxylic acid groups (broad SMARTS) is 1. The van der Waals surface area contributed by atoms with Crippen LogP contribution >= 0.6 is 0 Å². The van der Waals surface area contributed by atoms with Crippen LogP contribution in [0.2, 0.25) is 0 Å². The number of unbranched alkanes of at least 4 members (excludes halogenated alkanes) is 5. The number of hydrogen-bond donors (Lipinski definition) is 1. The van der Waals surface area contributed by atoms with Gasteiger partial charge in [-0.3, -0.25) is 14.5 Å². The van der Waals surface area contributed by atoms with Crippen LogP contribution in [-0.2, 0) is 16.0 Å². The van der Waals surface area contributed by atoms with E-state index in [2.05, 4.69) is 6.92 Å². The van der Waals surface area contributed by atoms with E-state index in [-0.39, 0.29) is 12.3 Å². The topological polar surface area (TPSA) is 79.7 Å². The molecule has 6 heteroatoms. The molecule has 1 aromatic heterocycles. The van der Waals surface area contributed by atoms with Crippen LogP contribution in [0.25, 0.3) is 11.3 Å². The maximum atomic E-state index is 12.6. The highest BCUT2D eigenvalue weighted by Crippen LogP contribution is 2.31. The molecule has 0 aliphatic carbocycles. The van der Waals surface area contributed by atoms with E-state index < -0.39 is 5.97 Å². The smallest absolute Gasteiger partial charge is 0.303 e. The summed E-state index contributed by atoms with van der Waals surface area (Å²) in [6.07, 6.45) is 7.93. The van der Waals surface area contributed by atoms with Crippen molar-refractivity contribution in [1.82, 2.24) is 4.98 Å². The zero-order valence-electron chi connectivity index (χ0n) is 19.6. The predicted molar refractivity (Wildman–Crippen MR) is 128 cm³/mol. The summed E-state index contributed by atoms with van der Waals surface area (Å²) >= 11 is 0. The number of pyridine rings is 1. The fourth-order valence-electron chi connectivity index (χ4n) is 3.57.